The van der Waals surface area contributed by atoms with E-state index in [2.05, 4.69) is 0 Å². The minimum Gasteiger partial charge on any atom is -0.480 e. The molecule has 9 heavy (non-hydrogen) atoms. The molecule has 5 heteroatoms. The van der Waals surface area contributed by atoms with Crippen LogP contribution in [0.1, 0.15) is 0 Å². The van der Waals surface area contributed by atoms with Crippen molar-refractivity contribution in [2.24, 2.45) is 5.73 Å². The smallest absolute Gasteiger partial charge is 0.320 e. The Morgan fingerprint density at radius 1 is 1.78 bits per heavy atom. The van der Waals surface area contributed by atoms with Crippen LogP contribution in [0, 0.1) is 0 Å². The molecule has 0 saturated heterocycles. The molecule has 0 heterocycles. The number of hydrogen-bond acceptors (Lipinski definition) is 3. The van der Waals surface area contributed by atoms with Gasteiger partial charge < -0.3 is 15.9 Å². The van der Waals surface area contributed by atoms with Gasteiger partial charge in [-0.05, 0) is 5.54 Å². The molecule has 4 nitrogen and oxygen atoms in total. The topological polar surface area (TPSA) is 83.6 Å². The van der Waals surface area contributed by atoms with E-state index in [1.54, 1.807) is 0 Å². The van der Waals surface area contributed by atoms with Crippen LogP contribution < -0.4 is 5.73 Å². The van der Waals surface area contributed by atoms with Gasteiger partial charge in [0.25, 0.3) is 0 Å². The molecule has 0 aliphatic carbocycles. The van der Waals surface area contributed by atoms with Gasteiger partial charge >= 0.3 is 5.97 Å². The summed E-state index contributed by atoms with van der Waals surface area (Å²) >= 11 is 0. The van der Waals surface area contributed by atoms with Gasteiger partial charge in [0.15, 0.2) is 0 Å². The highest BCUT2D eigenvalue weighted by Crippen LogP contribution is 2.00. The van der Waals surface area contributed by atoms with Crippen molar-refractivity contribution in [3.63, 3.8) is 0 Å². The Labute approximate surface area is 56.1 Å². The molecule has 0 aliphatic heterocycles. The Kier molecular flexibility index (Phi) is 3.44. The lowest BCUT2D eigenvalue weighted by Gasteiger charge is -2.11. The second-order valence-electron chi connectivity index (χ2n) is 2.02. The van der Waals surface area contributed by atoms with E-state index in [1.807, 2.05) is 0 Å². The molecular formula is C4H11NO3Si. The first-order chi connectivity index (χ1) is 4.09. The highest BCUT2D eigenvalue weighted by molar-refractivity contribution is 6.14. The van der Waals surface area contributed by atoms with Crippen LogP contribution in [0.2, 0.25) is 5.54 Å². The quantitative estimate of drug-likeness (QED) is 0.389. The molecule has 0 bridgehead atoms. The molecule has 0 saturated carbocycles. The fraction of sp³-hybridized carbons (Fsp3) is 0.750. The van der Waals surface area contributed by atoms with Gasteiger partial charge in [0, 0.05) is 16.8 Å². The van der Waals surface area contributed by atoms with Gasteiger partial charge in [-0.2, -0.15) is 0 Å². The molecule has 0 aromatic heterocycles. The number of aliphatic hydroxyl groups is 1. The standard InChI is InChI=1S/C4H11NO3Si/c5-3(4(7)8)2(9)1-6/h2-3,6H,1,5H2,9H3,(H,7,8)/t2?,3-/m0/s1. The van der Waals surface area contributed by atoms with Gasteiger partial charge in [0.1, 0.15) is 6.04 Å². The summed E-state index contributed by atoms with van der Waals surface area (Å²) in [5, 5.41) is 16.7. The third kappa shape index (κ3) is 2.59. The van der Waals surface area contributed by atoms with E-state index in [0.29, 0.717) is 10.2 Å². The fourth-order valence-corrected chi connectivity index (χ4v) is 0.642. The van der Waals surface area contributed by atoms with E-state index in [4.69, 9.17) is 15.9 Å². The van der Waals surface area contributed by atoms with E-state index < -0.39 is 12.0 Å². The maximum Gasteiger partial charge on any atom is 0.320 e. The van der Waals surface area contributed by atoms with Crippen molar-refractivity contribution in [1.29, 1.82) is 0 Å². The predicted molar refractivity (Wildman–Crippen MR) is 36.4 cm³/mol. The Hall–Kier alpha value is -0.393. The van der Waals surface area contributed by atoms with E-state index in [9.17, 15) is 4.79 Å². The molecule has 0 spiro atoms. The third-order valence-electron chi connectivity index (χ3n) is 1.19. The monoisotopic (exact) mass is 149 g/mol. The van der Waals surface area contributed by atoms with Crippen LogP contribution in [0.4, 0.5) is 0 Å². The normalized spacial score (nSPS) is 17.1. The molecule has 1 unspecified atom stereocenters. The van der Waals surface area contributed by atoms with Gasteiger partial charge in [0.2, 0.25) is 0 Å². The summed E-state index contributed by atoms with van der Waals surface area (Å²) in [5.41, 5.74) is 4.91. The summed E-state index contributed by atoms with van der Waals surface area (Å²) in [7, 11) is 0.616. The van der Waals surface area contributed by atoms with Crippen LogP contribution >= 0.6 is 0 Å². The van der Waals surface area contributed by atoms with Crippen molar-refractivity contribution >= 4 is 16.2 Å². The Morgan fingerprint density at radius 2 is 2.22 bits per heavy atom. The number of aliphatic hydroxyl groups excluding tert-OH is 1. The van der Waals surface area contributed by atoms with E-state index in [0.717, 1.165) is 0 Å². The van der Waals surface area contributed by atoms with Crippen molar-refractivity contribution in [3.05, 3.63) is 0 Å². The number of nitrogens with two attached hydrogens (primary N) is 1. The second-order valence-corrected chi connectivity index (χ2v) is 3.51. The minimum atomic E-state index is -1.04. The zero-order valence-electron chi connectivity index (χ0n) is 5.24. The fourth-order valence-electron chi connectivity index (χ4n) is 0.357. The second kappa shape index (κ2) is 3.60. The molecule has 0 radical (unpaired) electrons. The highest BCUT2D eigenvalue weighted by atomic mass is 28.1. The van der Waals surface area contributed by atoms with E-state index in [1.165, 1.54) is 0 Å². The van der Waals surface area contributed by atoms with Crippen LogP contribution in [0.3, 0.4) is 0 Å². The van der Waals surface area contributed by atoms with Crippen molar-refractivity contribution in [3.8, 4) is 0 Å². The van der Waals surface area contributed by atoms with Crippen molar-refractivity contribution in [2.75, 3.05) is 6.61 Å². The maximum atomic E-state index is 10.1. The zero-order valence-corrected chi connectivity index (χ0v) is 7.24. The van der Waals surface area contributed by atoms with Gasteiger partial charge in [0.05, 0.1) is 0 Å². The Morgan fingerprint density at radius 3 is 2.33 bits per heavy atom. The summed E-state index contributed by atoms with van der Waals surface area (Å²) in [6.45, 7) is -0.125. The summed E-state index contributed by atoms with van der Waals surface area (Å²) < 4.78 is 0. The molecule has 2 atom stereocenters. The summed E-state index contributed by atoms with van der Waals surface area (Å²) in [6, 6.07) is -0.887. The van der Waals surface area contributed by atoms with Gasteiger partial charge in [-0.1, -0.05) is 0 Å². The summed E-state index contributed by atoms with van der Waals surface area (Å²) in [5.74, 6) is -1.04. The maximum absolute atomic E-state index is 10.1. The molecule has 0 aromatic carbocycles. The molecule has 4 N–H and O–H groups in total. The van der Waals surface area contributed by atoms with Crippen LogP contribution in [-0.2, 0) is 4.79 Å². The van der Waals surface area contributed by atoms with Crippen LogP contribution in [0.5, 0.6) is 0 Å². The third-order valence-corrected chi connectivity index (χ3v) is 2.27. The lowest BCUT2D eigenvalue weighted by Crippen LogP contribution is -2.36. The molecular weight excluding hydrogens is 138 g/mol. The van der Waals surface area contributed by atoms with Gasteiger partial charge in [-0.3, -0.25) is 4.79 Å². The molecule has 54 valence electrons. The lowest BCUT2D eigenvalue weighted by molar-refractivity contribution is -0.138. The zero-order chi connectivity index (χ0) is 7.44. The van der Waals surface area contributed by atoms with Crippen molar-refractivity contribution in [1.82, 2.24) is 0 Å². The van der Waals surface area contributed by atoms with Gasteiger partial charge in [-0.15, -0.1) is 0 Å². The Bertz CT molecular complexity index is 108. The predicted octanol–water partition coefficient (Wildman–Crippen LogP) is -2.46. The van der Waals surface area contributed by atoms with Crippen molar-refractivity contribution in [2.45, 2.75) is 11.6 Å². The summed E-state index contributed by atoms with van der Waals surface area (Å²) in [6.07, 6.45) is 0. The van der Waals surface area contributed by atoms with E-state index in [-0.39, 0.29) is 12.1 Å². The number of aliphatic carboxylic acids is 1. The van der Waals surface area contributed by atoms with Crippen LogP contribution in [-0.4, -0.2) is 39.1 Å². The first kappa shape index (κ1) is 8.61. The summed E-state index contributed by atoms with van der Waals surface area (Å²) in [4.78, 5) is 10.1. The number of rotatable bonds is 3. The number of hydrogen-bond donors (Lipinski definition) is 3. The minimum absolute atomic E-state index is 0.125. The number of carboxylic acid groups (broad SMARTS) is 1. The highest BCUT2D eigenvalue weighted by Gasteiger charge is 2.18. The first-order valence-corrected chi connectivity index (χ1v) is 3.84. The van der Waals surface area contributed by atoms with Crippen molar-refractivity contribution < 1.29 is 15.0 Å². The molecule has 0 rings (SSSR count). The molecule has 0 aromatic rings. The van der Waals surface area contributed by atoms with Crippen LogP contribution in [0.25, 0.3) is 0 Å². The molecule has 0 fully saturated rings. The molecule has 0 aliphatic rings. The van der Waals surface area contributed by atoms with Gasteiger partial charge in [-0.25, -0.2) is 0 Å². The SMILES string of the molecule is N[C@H](C(=O)O)C([SiH3])CO. The molecule has 0 amide bonds. The van der Waals surface area contributed by atoms with E-state index >= 15 is 0 Å². The Balaban J connectivity index is 3.72. The number of carboxylic acids is 1. The lowest BCUT2D eigenvalue weighted by atomic mass is 10.2. The number of carbonyl (C=O) groups is 1. The average molecular weight is 149 g/mol. The first-order valence-electron chi connectivity index (χ1n) is 2.68. The largest absolute Gasteiger partial charge is 0.480 e. The average Bonchev–Trinajstić information content (AvgIpc) is 1.84. The van der Waals surface area contributed by atoms with Crippen LogP contribution in [0.15, 0.2) is 0 Å².